The summed E-state index contributed by atoms with van der Waals surface area (Å²) in [4.78, 5) is 30.2. The molecule has 1 amide bonds. The number of aromatic nitrogens is 4. The molecule has 0 radical (unpaired) electrons. The standard InChI is InChI=1S/C18H22N6O2/c25-14-10-24(6-5-19-14)16(11-2-7-26-8-3-11)18-22-13-9-21-17-12(1-4-20-17)15(13)23-18/h1,4,9,11,16H,2-3,5-8,10H2,(H,19,25)(H,20,21)(H,22,23). The van der Waals surface area contributed by atoms with Crippen LogP contribution in [0.5, 0.6) is 0 Å². The summed E-state index contributed by atoms with van der Waals surface area (Å²) < 4.78 is 5.56. The fourth-order valence-corrected chi connectivity index (χ4v) is 4.26. The Balaban J connectivity index is 1.58. The summed E-state index contributed by atoms with van der Waals surface area (Å²) in [5.74, 6) is 1.43. The zero-order chi connectivity index (χ0) is 17.5. The lowest BCUT2D eigenvalue weighted by atomic mass is 9.89. The Kier molecular flexibility index (Phi) is 3.86. The van der Waals surface area contributed by atoms with Crippen LogP contribution in [0.15, 0.2) is 18.5 Å². The van der Waals surface area contributed by atoms with E-state index in [1.165, 1.54) is 0 Å². The van der Waals surface area contributed by atoms with Crippen molar-refractivity contribution in [3.05, 3.63) is 24.3 Å². The number of fused-ring (bicyclic) bond motifs is 3. The average Bonchev–Trinajstić information content (AvgIpc) is 3.29. The molecule has 2 fully saturated rings. The third-order valence-corrected chi connectivity index (χ3v) is 5.51. The van der Waals surface area contributed by atoms with E-state index in [-0.39, 0.29) is 11.9 Å². The van der Waals surface area contributed by atoms with Crippen LogP contribution >= 0.6 is 0 Å². The number of hydrogen-bond donors (Lipinski definition) is 3. The van der Waals surface area contributed by atoms with Gasteiger partial charge in [-0.05, 0) is 24.8 Å². The van der Waals surface area contributed by atoms with Crippen LogP contribution in [0.4, 0.5) is 0 Å². The second-order valence-electron chi connectivity index (χ2n) is 7.10. The van der Waals surface area contributed by atoms with Gasteiger partial charge in [0.2, 0.25) is 5.91 Å². The molecule has 0 saturated carbocycles. The van der Waals surface area contributed by atoms with E-state index in [2.05, 4.69) is 25.2 Å². The van der Waals surface area contributed by atoms with Crippen molar-refractivity contribution in [3.63, 3.8) is 0 Å². The minimum atomic E-state index is 0.0825. The Bertz CT molecular complexity index is 942. The molecule has 5 heterocycles. The Morgan fingerprint density at radius 2 is 2.19 bits per heavy atom. The number of carbonyl (C=O) groups excluding carboxylic acids is 1. The van der Waals surface area contributed by atoms with Crippen LogP contribution < -0.4 is 5.32 Å². The summed E-state index contributed by atoms with van der Waals surface area (Å²) in [5, 5.41) is 3.96. The maximum Gasteiger partial charge on any atom is 0.234 e. The van der Waals surface area contributed by atoms with Gasteiger partial charge in [0.05, 0.1) is 24.3 Å². The highest BCUT2D eigenvalue weighted by atomic mass is 16.5. The van der Waals surface area contributed by atoms with Crippen molar-refractivity contribution < 1.29 is 9.53 Å². The fraction of sp³-hybridized carbons (Fsp3) is 0.500. The van der Waals surface area contributed by atoms with Crippen LogP contribution in [0.1, 0.15) is 24.7 Å². The number of pyridine rings is 1. The maximum absolute atomic E-state index is 12.0. The van der Waals surface area contributed by atoms with Gasteiger partial charge in [-0.2, -0.15) is 0 Å². The van der Waals surface area contributed by atoms with Gasteiger partial charge >= 0.3 is 0 Å². The quantitative estimate of drug-likeness (QED) is 0.659. The lowest BCUT2D eigenvalue weighted by Gasteiger charge is -2.39. The molecule has 1 unspecified atom stereocenters. The minimum absolute atomic E-state index is 0.0825. The maximum atomic E-state index is 12.0. The number of ether oxygens (including phenoxy) is 1. The van der Waals surface area contributed by atoms with Crippen molar-refractivity contribution in [2.75, 3.05) is 32.8 Å². The second kappa shape index (κ2) is 6.37. The third kappa shape index (κ3) is 2.65. The van der Waals surface area contributed by atoms with E-state index in [1.807, 2.05) is 12.3 Å². The molecule has 2 saturated heterocycles. The molecule has 0 aliphatic carbocycles. The first-order valence-electron chi connectivity index (χ1n) is 9.20. The third-order valence-electron chi connectivity index (χ3n) is 5.51. The van der Waals surface area contributed by atoms with Gasteiger partial charge in [-0.25, -0.2) is 9.97 Å². The molecule has 3 aromatic rings. The number of piperazine rings is 1. The number of H-pyrrole nitrogens is 2. The normalized spacial score (nSPS) is 21.3. The highest BCUT2D eigenvalue weighted by Gasteiger charge is 2.35. The van der Waals surface area contributed by atoms with E-state index in [4.69, 9.17) is 9.72 Å². The van der Waals surface area contributed by atoms with Crippen molar-refractivity contribution in [3.8, 4) is 0 Å². The number of aromatic amines is 2. The summed E-state index contributed by atoms with van der Waals surface area (Å²) in [6.07, 6.45) is 5.66. The van der Waals surface area contributed by atoms with Gasteiger partial charge in [0.1, 0.15) is 17.0 Å². The van der Waals surface area contributed by atoms with E-state index in [0.29, 0.717) is 19.0 Å². The molecule has 8 heteroatoms. The number of hydrogen-bond acceptors (Lipinski definition) is 5. The van der Waals surface area contributed by atoms with Crippen molar-refractivity contribution in [2.24, 2.45) is 5.92 Å². The molecule has 136 valence electrons. The Morgan fingerprint density at radius 3 is 3.04 bits per heavy atom. The average molecular weight is 354 g/mol. The number of carbonyl (C=O) groups is 1. The number of amides is 1. The van der Waals surface area contributed by atoms with Gasteiger partial charge < -0.3 is 20.0 Å². The molecule has 0 spiro atoms. The van der Waals surface area contributed by atoms with Crippen molar-refractivity contribution >= 4 is 28.0 Å². The highest BCUT2D eigenvalue weighted by Crippen LogP contribution is 2.35. The van der Waals surface area contributed by atoms with Gasteiger partial charge in [-0.1, -0.05) is 0 Å². The molecular formula is C18H22N6O2. The molecule has 3 N–H and O–H groups in total. The SMILES string of the molecule is O=C1CN(C(c2nc3cnc4[nH]ccc4c3[nH]2)C2CCOCC2)CCN1. The number of imidazole rings is 1. The van der Waals surface area contributed by atoms with Gasteiger partial charge in [0.15, 0.2) is 0 Å². The Morgan fingerprint density at radius 1 is 1.31 bits per heavy atom. The number of nitrogens with one attached hydrogen (secondary N) is 3. The van der Waals surface area contributed by atoms with Crippen LogP contribution in [0.3, 0.4) is 0 Å². The van der Waals surface area contributed by atoms with Crippen LogP contribution in [-0.4, -0.2) is 63.6 Å². The van der Waals surface area contributed by atoms with Gasteiger partial charge in [0, 0.05) is 37.9 Å². The van der Waals surface area contributed by atoms with E-state index in [9.17, 15) is 4.79 Å². The van der Waals surface area contributed by atoms with E-state index >= 15 is 0 Å². The summed E-state index contributed by atoms with van der Waals surface area (Å²) in [6, 6.07) is 2.11. The monoisotopic (exact) mass is 354 g/mol. The smallest absolute Gasteiger partial charge is 0.234 e. The van der Waals surface area contributed by atoms with Gasteiger partial charge in [-0.3, -0.25) is 9.69 Å². The van der Waals surface area contributed by atoms with Crippen molar-refractivity contribution in [2.45, 2.75) is 18.9 Å². The van der Waals surface area contributed by atoms with E-state index < -0.39 is 0 Å². The Labute approximate surface area is 150 Å². The molecule has 2 aliphatic heterocycles. The fourth-order valence-electron chi connectivity index (χ4n) is 4.26. The van der Waals surface area contributed by atoms with Crippen molar-refractivity contribution in [1.82, 2.24) is 30.2 Å². The molecule has 5 rings (SSSR count). The molecule has 0 bridgehead atoms. The molecule has 8 nitrogen and oxygen atoms in total. The molecule has 2 aliphatic rings. The zero-order valence-corrected chi connectivity index (χ0v) is 14.5. The summed E-state index contributed by atoms with van der Waals surface area (Å²) >= 11 is 0. The lowest BCUT2D eigenvalue weighted by Crippen LogP contribution is -2.50. The first-order valence-corrected chi connectivity index (χ1v) is 9.20. The topological polar surface area (TPSA) is 98.9 Å². The largest absolute Gasteiger partial charge is 0.381 e. The molecule has 1 atom stereocenters. The van der Waals surface area contributed by atoms with Crippen LogP contribution in [-0.2, 0) is 9.53 Å². The van der Waals surface area contributed by atoms with E-state index in [1.54, 1.807) is 6.20 Å². The van der Waals surface area contributed by atoms with E-state index in [0.717, 1.165) is 60.5 Å². The summed E-state index contributed by atoms with van der Waals surface area (Å²) in [5.41, 5.74) is 2.73. The summed E-state index contributed by atoms with van der Waals surface area (Å²) in [6.45, 7) is 3.47. The summed E-state index contributed by atoms with van der Waals surface area (Å²) in [7, 11) is 0. The van der Waals surface area contributed by atoms with Crippen molar-refractivity contribution in [1.29, 1.82) is 0 Å². The van der Waals surface area contributed by atoms with Crippen LogP contribution in [0.25, 0.3) is 22.1 Å². The molecule has 0 aromatic carbocycles. The number of rotatable bonds is 3. The van der Waals surface area contributed by atoms with Gasteiger partial charge in [0.25, 0.3) is 0 Å². The predicted molar refractivity (Wildman–Crippen MR) is 96.6 cm³/mol. The number of nitrogens with zero attached hydrogens (tertiary/aromatic N) is 3. The van der Waals surface area contributed by atoms with Crippen LogP contribution in [0, 0.1) is 5.92 Å². The van der Waals surface area contributed by atoms with Crippen LogP contribution in [0.2, 0.25) is 0 Å². The first-order chi connectivity index (χ1) is 12.8. The Hall–Kier alpha value is -2.45. The highest BCUT2D eigenvalue weighted by molar-refractivity contribution is 6.00. The first kappa shape index (κ1) is 15.8. The zero-order valence-electron chi connectivity index (χ0n) is 14.5. The predicted octanol–water partition coefficient (Wildman–Crippen LogP) is 1.34. The molecule has 26 heavy (non-hydrogen) atoms. The second-order valence-corrected chi connectivity index (χ2v) is 7.10. The molecular weight excluding hydrogens is 332 g/mol. The molecule has 3 aromatic heterocycles. The minimum Gasteiger partial charge on any atom is -0.381 e. The lowest BCUT2D eigenvalue weighted by molar-refractivity contribution is -0.125. The van der Waals surface area contributed by atoms with Gasteiger partial charge in [-0.15, -0.1) is 0 Å².